The number of hydrogen-bond donors (Lipinski definition) is 1. The molecule has 1 fully saturated rings. The molecular formula is C17H28N2O. The molecule has 0 bridgehead atoms. The molecule has 20 heavy (non-hydrogen) atoms. The molecule has 0 aliphatic heterocycles. The second kappa shape index (κ2) is 7.19. The van der Waals surface area contributed by atoms with E-state index < -0.39 is 0 Å². The van der Waals surface area contributed by atoms with Crippen molar-refractivity contribution in [3.8, 4) is 0 Å². The Morgan fingerprint density at radius 2 is 2.05 bits per heavy atom. The third-order valence-electron chi connectivity index (χ3n) is 4.27. The van der Waals surface area contributed by atoms with Crippen molar-refractivity contribution in [1.29, 1.82) is 0 Å². The van der Waals surface area contributed by atoms with Gasteiger partial charge in [-0.05, 0) is 51.3 Å². The zero-order chi connectivity index (χ0) is 14.4. The van der Waals surface area contributed by atoms with Crippen LogP contribution in [-0.4, -0.2) is 23.7 Å². The smallest absolute Gasteiger partial charge is 0.0876 e. The van der Waals surface area contributed by atoms with Gasteiger partial charge in [0.1, 0.15) is 0 Å². The lowest BCUT2D eigenvalue weighted by Crippen LogP contribution is -2.44. The van der Waals surface area contributed by atoms with Gasteiger partial charge in [-0.1, -0.05) is 25.8 Å². The van der Waals surface area contributed by atoms with Crippen LogP contribution in [0.25, 0.3) is 0 Å². The highest BCUT2D eigenvalue weighted by molar-refractivity contribution is 5.22. The van der Waals surface area contributed by atoms with Gasteiger partial charge in [0, 0.05) is 18.5 Å². The molecule has 1 N–H and O–H groups in total. The van der Waals surface area contributed by atoms with Gasteiger partial charge in [-0.25, -0.2) is 0 Å². The van der Waals surface area contributed by atoms with E-state index in [-0.39, 0.29) is 11.6 Å². The highest BCUT2D eigenvalue weighted by atomic mass is 16.5. The Morgan fingerprint density at radius 1 is 1.30 bits per heavy atom. The van der Waals surface area contributed by atoms with Gasteiger partial charge in [-0.2, -0.15) is 0 Å². The van der Waals surface area contributed by atoms with Gasteiger partial charge in [-0.3, -0.25) is 4.98 Å². The minimum absolute atomic E-state index is 0.0408. The lowest BCUT2D eigenvalue weighted by molar-refractivity contribution is -0.0626. The zero-order valence-electron chi connectivity index (χ0n) is 13.1. The van der Waals surface area contributed by atoms with Gasteiger partial charge >= 0.3 is 0 Å². The lowest BCUT2D eigenvalue weighted by Gasteiger charge is -2.38. The van der Waals surface area contributed by atoms with Crippen molar-refractivity contribution in [2.45, 2.75) is 64.5 Å². The van der Waals surface area contributed by atoms with Crippen LogP contribution in [-0.2, 0) is 4.74 Å². The maximum Gasteiger partial charge on any atom is 0.0876 e. The molecule has 3 nitrogen and oxygen atoms in total. The summed E-state index contributed by atoms with van der Waals surface area (Å²) in [7, 11) is 0. The van der Waals surface area contributed by atoms with E-state index in [2.05, 4.69) is 36.3 Å². The van der Waals surface area contributed by atoms with Crippen molar-refractivity contribution in [2.24, 2.45) is 0 Å². The summed E-state index contributed by atoms with van der Waals surface area (Å²) in [4.78, 5) is 4.48. The fourth-order valence-electron chi connectivity index (χ4n) is 3.32. The van der Waals surface area contributed by atoms with Crippen molar-refractivity contribution >= 4 is 0 Å². The third kappa shape index (κ3) is 3.39. The molecule has 1 atom stereocenters. The van der Waals surface area contributed by atoms with Crippen LogP contribution in [0.2, 0.25) is 0 Å². The summed E-state index contributed by atoms with van der Waals surface area (Å²) in [5.74, 6) is 0. The van der Waals surface area contributed by atoms with Gasteiger partial charge in [-0.15, -0.1) is 0 Å². The van der Waals surface area contributed by atoms with Crippen LogP contribution in [0.5, 0.6) is 0 Å². The molecule has 3 heteroatoms. The molecule has 1 heterocycles. The Balaban J connectivity index is 2.27. The number of aryl methyl sites for hydroxylation is 1. The van der Waals surface area contributed by atoms with Crippen LogP contribution in [0.1, 0.15) is 63.3 Å². The molecule has 0 saturated heterocycles. The summed E-state index contributed by atoms with van der Waals surface area (Å²) in [5, 5.41) is 3.71. The zero-order valence-corrected chi connectivity index (χ0v) is 13.1. The molecule has 1 aliphatic rings. The van der Waals surface area contributed by atoms with Gasteiger partial charge in [0.2, 0.25) is 0 Å². The molecule has 0 aromatic carbocycles. The Hall–Kier alpha value is -0.930. The average Bonchev–Trinajstić information content (AvgIpc) is 2.91. The minimum Gasteiger partial charge on any atom is -0.373 e. The maximum absolute atomic E-state index is 6.24. The number of hydrogen-bond acceptors (Lipinski definition) is 3. The topological polar surface area (TPSA) is 34.2 Å². The number of nitrogens with one attached hydrogen (secondary N) is 1. The minimum atomic E-state index is -0.0408. The summed E-state index contributed by atoms with van der Waals surface area (Å²) in [6.45, 7) is 8.15. The van der Waals surface area contributed by atoms with Crippen molar-refractivity contribution < 1.29 is 4.74 Å². The Morgan fingerprint density at radius 3 is 2.60 bits per heavy atom. The quantitative estimate of drug-likeness (QED) is 0.823. The predicted molar refractivity (Wildman–Crippen MR) is 82.8 cm³/mol. The van der Waals surface area contributed by atoms with Gasteiger partial charge in [0.25, 0.3) is 0 Å². The summed E-state index contributed by atoms with van der Waals surface area (Å²) >= 11 is 0. The standard InChI is InChI=1S/C17H28N2O/c1-4-12-18-16(15-9-8-14(3)19-13-15)17(20-5-2)10-6-7-11-17/h8-9,13,16,18H,4-7,10-12H2,1-3H3. The Kier molecular flexibility index (Phi) is 5.55. The summed E-state index contributed by atoms with van der Waals surface area (Å²) in [6.07, 6.45) is 7.99. The van der Waals surface area contributed by atoms with E-state index in [4.69, 9.17) is 4.74 Å². The fraction of sp³-hybridized carbons (Fsp3) is 0.706. The second-order valence-electron chi connectivity index (χ2n) is 5.82. The average molecular weight is 276 g/mol. The maximum atomic E-state index is 6.24. The van der Waals surface area contributed by atoms with E-state index >= 15 is 0 Å². The largest absolute Gasteiger partial charge is 0.373 e. The van der Waals surface area contributed by atoms with Crippen molar-refractivity contribution in [2.75, 3.05) is 13.2 Å². The highest BCUT2D eigenvalue weighted by Gasteiger charge is 2.42. The first-order valence-electron chi connectivity index (χ1n) is 8.01. The van der Waals surface area contributed by atoms with Gasteiger partial charge in [0.15, 0.2) is 0 Å². The van der Waals surface area contributed by atoms with E-state index in [9.17, 15) is 0 Å². The van der Waals surface area contributed by atoms with Crippen LogP contribution in [0.15, 0.2) is 18.3 Å². The van der Waals surface area contributed by atoms with E-state index in [1.807, 2.05) is 13.1 Å². The van der Waals surface area contributed by atoms with Gasteiger partial charge in [0.05, 0.1) is 11.6 Å². The summed E-state index contributed by atoms with van der Waals surface area (Å²) in [5.41, 5.74) is 2.29. The first-order chi connectivity index (χ1) is 9.72. The van der Waals surface area contributed by atoms with Crippen LogP contribution < -0.4 is 5.32 Å². The van der Waals surface area contributed by atoms with Crippen molar-refractivity contribution in [3.05, 3.63) is 29.6 Å². The molecule has 112 valence electrons. The summed E-state index contributed by atoms with van der Waals surface area (Å²) < 4.78 is 6.24. The van der Waals surface area contributed by atoms with Gasteiger partial charge < -0.3 is 10.1 Å². The van der Waals surface area contributed by atoms with Crippen molar-refractivity contribution in [1.82, 2.24) is 10.3 Å². The normalized spacial score (nSPS) is 19.1. The molecule has 2 rings (SSSR count). The Bertz CT molecular complexity index is 396. The lowest BCUT2D eigenvalue weighted by atomic mass is 9.87. The molecular weight excluding hydrogens is 248 g/mol. The SMILES string of the molecule is CCCNC(c1ccc(C)nc1)C1(OCC)CCCC1. The molecule has 1 aromatic heterocycles. The molecule has 1 aliphatic carbocycles. The van der Waals surface area contributed by atoms with E-state index in [1.165, 1.54) is 18.4 Å². The van der Waals surface area contributed by atoms with E-state index in [1.54, 1.807) is 0 Å². The van der Waals surface area contributed by atoms with Crippen LogP contribution in [0.3, 0.4) is 0 Å². The third-order valence-corrected chi connectivity index (χ3v) is 4.27. The molecule has 0 amide bonds. The second-order valence-corrected chi connectivity index (χ2v) is 5.82. The molecule has 1 unspecified atom stereocenters. The van der Waals surface area contributed by atoms with Crippen molar-refractivity contribution in [3.63, 3.8) is 0 Å². The van der Waals surface area contributed by atoms with E-state index in [0.29, 0.717) is 0 Å². The number of rotatable bonds is 7. The first kappa shape index (κ1) is 15.5. The predicted octanol–water partition coefficient (Wildman–Crippen LogP) is 3.78. The molecule has 1 aromatic rings. The van der Waals surface area contributed by atoms with E-state index in [0.717, 1.165) is 38.1 Å². The number of pyridine rings is 1. The first-order valence-corrected chi connectivity index (χ1v) is 8.01. The molecule has 0 radical (unpaired) electrons. The number of nitrogens with zero attached hydrogens (tertiary/aromatic N) is 1. The highest BCUT2D eigenvalue weighted by Crippen LogP contribution is 2.42. The van der Waals surface area contributed by atoms with Crippen LogP contribution in [0, 0.1) is 6.92 Å². The fourth-order valence-corrected chi connectivity index (χ4v) is 3.32. The van der Waals surface area contributed by atoms with Crippen LogP contribution in [0.4, 0.5) is 0 Å². The summed E-state index contributed by atoms with van der Waals surface area (Å²) in [6, 6.07) is 4.57. The molecule has 1 saturated carbocycles. The Labute approximate surface area is 123 Å². The number of ether oxygens (including phenoxy) is 1. The number of aromatic nitrogens is 1. The molecule has 0 spiro atoms. The monoisotopic (exact) mass is 276 g/mol. The van der Waals surface area contributed by atoms with Crippen LogP contribution >= 0.6 is 0 Å².